The molecule has 0 saturated carbocycles. The van der Waals surface area contributed by atoms with E-state index in [0.29, 0.717) is 12.0 Å². The topological polar surface area (TPSA) is 3.24 Å². The summed E-state index contributed by atoms with van der Waals surface area (Å²) in [7, 11) is 0. The lowest BCUT2D eigenvalue weighted by molar-refractivity contribution is 0.260. The summed E-state index contributed by atoms with van der Waals surface area (Å²) in [5.74, 6) is 0.675. The van der Waals surface area contributed by atoms with Crippen molar-refractivity contribution in [3.05, 3.63) is 70.2 Å². The number of nitrogens with zero attached hydrogens (tertiary/aromatic N) is 1. The fraction of sp³-hybridized carbons (Fsp3) is 0.333. The minimum absolute atomic E-state index is 0.511. The fourth-order valence-electron chi connectivity index (χ4n) is 3.09. The zero-order valence-electron chi connectivity index (χ0n) is 11.8. The second-order valence-electron chi connectivity index (χ2n) is 5.62. The van der Waals surface area contributed by atoms with Gasteiger partial charge in [-0.1, -0.05) is 58.4 Å². The van der Waals surface area contributed by atoms with Gasteiger partial charge in [0.2, 0.25) is 0 Å². The molecule has 1 aliphatic rings. The van der Waals surface area contributed by atoms with E-state index in [-0.39, 0.29) is 0 Å². The number of hydrogen-bond donors (Lipinski definition) is 0. The van der Waals surface area contributed by atoms with Crippen LogP contribution < -0.4 is 0 Å². The van der Waals surface area contributed by atoms with Gasteiger partial charge in [0.25, 0.3) is 0 Å². The number of halogens is 1. The minimum atomic E-state index is 0.511. The molecule has 2 heteroatoms. The highest BCUT2D eigenvalue weighted by Gasteiger charge is 2.27. The van der Waals surface area contributed by atoms with E-state index in [1.54, 1.807) is 0 Å². The molecule has 2 unspecified atom stereocenters. The Morgan fingerprint density at radius 2 is 1.75 bits per heavy atom. The van der Waals surface area contributed by atoms with Gasteiger partial charge < -0.3 is 0 Å². The first-order valence-electron chi connectivity index (χ1n) is 7.28. The standard InChI is InChI=1S/C18H20BrN/c1-14(15-5-3-2-4-6-15)20-12-11-17(13-20)16-7-9-18(19)10-8-16/h2-10,14,17H,11-13H2,1H3. The number of likely N-dealkylation sites (tertiary alicyclic amines) is 1. The molecule has 1 aliphatic heterocycles. The van der Waals surface area contributed by atoms with Gasteiger partial charge in [0.05, 0.1) is 0 Å². The second kappa shape index (κ2) is 6.11. The van der Waals surface area contributed by atoms with Crippen molar-refractivity contribution in [3.8, 4) is 0 Å². The first-order chi connectivity index (χ1) is 9.74. The Hall–Kier alpha value is -1.12. The van der Waals surface area contributed by atoms with Crippen molar-refractivity contribution in [3.63, 3.8) is 0 Å². The minimum Gasteiger partial charge on any atom is -0.296 e. The summed E-state index contributed by atoms with van der Waals surface area (Å²) in [4.78, 5) is 2.60. The Morgan fingerprint density at radius 1 is 1.05 bits per heavy atom. The van der Waals surface area contributed by atoms with Gasteiger partial charge in [-0.25, -0.2) is 0 Å². The van der Waals surface area contributed by atoms with E-state index in [4.69, 9.17) is 0 Å². The molecule has 0 amide bonds. The Bertz CT molecular complexity index is 549. The van der Waals surface area contributed by atoms with E-state index in [1.807, 2.05) is 0 Å². The van der Waals surface area contributed by atoms with Crippen LogP contribution in [0.4, 0.5) is 0 Å². The van der Waals surface area contributed by atoms with Crippen molar-refractivity contribution in [2.24, 2.45) is 0 Å². The Morgan fingerprint density at radius 3 is 2.45 bits per heavy atom. The maximum absolute atomic E-state index is 3.51. The van der Waals surface area contributed by atoms with Crippen LogP contribution in [0.1, 0.15) is 36.4 Å². The average Bonchev–Trinajstić information content (AvgIpc) is 2.98. The highest BCUT2D eigenvalue weighted by Crippen LogP contribution is 2.33. The SMILES string of the molecule is CC(c1ccccc1)N1CCC(c2ccc(Br)cc2)C1. The van der Waals surface area contributed by atoms with Gasteiger partial charge in [-0.15, -0.1) is 0 Å². The molecule has 2 aromatic rings. The maximum Gasteiger partial charge on any atom is 0.0320 e. The summed E-state index contributed by atoms with van der Waals surface area (Å²) in [6.45, 7) is 4.67. The van der Waals surface area contributed by atoms with E-state index < -0.39 is 0 Å². The molecular weight excluding hydrogens is 310 g/mol. The quantitative estimate of drug-likeness (QED) is 0.765. The lowest BCUT2D eigenvalue weighted by atomic mass is 9.98. The highest BCUT2D eigenvalue weighted by molar-refractivity contribution is 9.10. The Balaban J connectivity index is 1.69. The van der Waals surface area contributed by atoms with Crippen molar-refractivity contribution in [1.29, 1.82) is 0 Å². The molecule has 0 aromatic heterocycles. The molecule has 2 aromatic carbocycles. The lowest BCUT2D eigenvalue weighted by Gasteiger charge is -2.24. The molecule has 0 spiro atoms. The summed E-state index contributed by atoms with van der Waals surface area (Å²) < 4.78 is 1.16. The summed E-state index contributed by atoms with van der Waals surface area (Å²) in [5, 5.41) is 0. The molecular formula is C18H20BrN. The van der Waals surface area contributed by atoms with Crippen LogP contribution in [0.5, 0.6) is 0 Å². The van der Waals surface area contributed by atoms with E-state index >= 15 is 0 Å². The first-order valence-corrected chi connectivity index (χ1v) is 8.08. The number of hydrogen-bond acceptors (Lipinski definition) is 1. The maximum atomic E-state index is 3.51. The molecule has 20 heavy (non-hydrogen) atoms. The molecule has 0 N–H and O–H groups in total. The van der Waals surface area contributed by atoms with Gasteiger partial charge in [-0.2, -0.15) is 0 Å². The van der Waals surface area contributed by atoms with Gasteiger partial charge in [0.15, 0.2) is 0 Å². The van der Waals surface area contributed by atoms with Crippen molar-refractivity contribution in [2.45, 2.75) is 25.3 Å². The molecule has 2 atom stereocenters. The van der Waals surface area contributed by atoms with Crippen LogP contribution in [0, 0.1) is 0 Å². The van der Waals surface area contributed by atoms with Crippen LogP contribution in [-0.2, 0) is 0 Å². The normalized spacial score (nSPS) is 21.0. The van der Waals surface area contributed by atoms with Crippen molar-refractivity contribution < 1.29 is 0 Å². The van der Waals surface area contributed by atoms with Crippen LogP contribution in [0.3, 0.4) is 0 Å². The van der Waals surface area contributed by atoms with Gasteiger partial charge in [-0.05, 0) is 49.1 Å². The van der Waals surface area contributed by atoms with E-state index in [0.717, 1.165) is 11.0 Å². The van der Waals surface area contributed by atoms with Crippen molar-refractivity contribution in [2.75, 3.05) is 13.1 Å². The van der Waals surface area contributed by atoms with Crippen LogP contribution in [0.25, 0.3) is 0 Å². The molecule has 0 radical (unpaired) electrons. The van der Waals surface area contributed by atoms with Crippen LogP contribution in [0.2, 0.25) is 0 Å². The first kappa shape index (κ1) is 13.8. The van der Waals surface area contributed by atoms with Gasteiger partial charge in [0, 0.05) is 17.1 Å². The monoisotopic (exact) mass is 329 g/mol. The van der Waals surface area contributed by atoms with Crippen molar-refractivity contribution >= 4 is 15.9 Å². The van der Waals surface area contributed by atoms with E-state index in [9.17, 15) is 0 Å². The zero-order valence-corrected chi connectivity index (χ0v) is 13.4. The molecule has 1 saturated heterocycles. The molecule has 1 fully saturated rings. The van der Waals surface area contributed by atoms with E-state index in [1.165, 1.54) is 24.1 Å². The van der Waals surface area contributed by atoms with Gasteiger partial charge in [-0.3, -0.25) is 4.90 Å². The third-order valence-electron chi connectivity index (χ3n) is 4.39. The summed E-state index contributed by atoms with van der Waals surface area (Å²) >= 11 is 3.51. The molecule has 104 valence electrons. The molecule has 1 nitrogen and oxygen atoms in total. The van der Waals surface area contributed by atoms with Crippen LogP contribution in [0.15, 0.2) is 59.1 Å². The van der Waals surface area contributed by atoms with Gasteiger partial charge >= 0.3 is 0 Å². The Kier molecular flexibility index (Phi) is 4.23. The molecule has 1 heterocycles. The average molecular weight is 330 g/mol. The molecule has 3 rings (SSSR count). The predicted octanol–water partition coefficient (Wildman–Crippen LogP) is 5.00. The smallest absolute Gasteiger partial charge is 0.0320 e. The van der Waals surface area contributed by atoms with E-state index in [2.05, 4.69) is 82.4 Å². The molecule has 0 aliphatic carbocycles. The summed E-state index contributed by atoms with van der Waals surface area (Å²) in [6.07, 6.45) is 1.26. The highest BCUT2D eigenvalue weighted by atomic mass is 79.9. The summed E-state index contributed by atoms with van der Waals surface area (Å²) in [6, 6.07) is 20.1. The van der Waals surface area contributed by atoms with Crippen LogP contribution in [-0.4, -0.2) is 18.0 Å². The van der Waals surface area contributed by atoms with Gasteiger partial charge in [0.1, 0.15) is 0 Å². The third kappa shape index (κ3) is 2.97. The fourth-order valence-corrected chi connectivity index (χ4v) is 3.35. The Labute approximate surface area is 129 Å². The van der Waals surface area contributed by atoms with Crippen molar-refractivity contribution in [1.82, 2.24) is 4.90 Å². The third-order valence-corrected chi connectivity index (χ3v) is 4.92. The lowest BCUT2D eigenvalue weighted by Crippen LogP contribution is -2.24. The predicted molar refractivity (Wildman–Crippen MR) is 87.9 cm³/mol. The number of benzene rings is 2. The largest absolute Gasteiger partial charge is 0.296 e. The van der Waals surface area contributed by atoms with Crippen LogP contribution >= 0.6 is 15.9 Å². The molecule has 0 bridgehead atoms. The summed E-state index contributed by atoms with van der Waals surface area (Å²) in [5.41, 5.74) is 2.89. The number of rotatable bonds is 3. The second-order valence-corrected chi connectivity index (χ2v) is 6.53. The zero-order chi connectivity index (χ0) is 13.9.